The molecule has 1 aromatic rings. The van der Waals surface area contributed by atoms with E-state index in [0.717, 1.165) is 6.07 Å². The van der Waals surface area contributed by atoms with Crippen LogP contribution in [-0.2, 0) is 0 Å². The van der Waals surface area contributed by atoms with Crippen molar-refractivity contribution < 1.29 is 19.8 Å². The van der Waals surface area contributed by atoms with E-state index in [1.54, 1.807) is 6.92 Å². The van der Waals surface area contributed by atoms with Crippen LogP contribution in [0.1, 0.15) is 26.3 Å². The second-order valence-electron chi connectivity index (χ2n) is 3.14. The van der Waals surface area contributed by atoms with Crippen LogP contribution in [0.15, 0.2) is 18.2 Å². The summed E-state index contributed by atoms with van der Waals surface area (Å²) in [5, 5.41) is 20.0. The first-order valence-electron chi connectivity index (χ1n) is 4.59. The molecular formula is C11H15NO4. The van der Waals surface area contributed by atoms with Gasteiger partial charge in [0.1, 0.15) is 0 Å². The summed E-state index contributed by atoms with van der Waals surface area (Å²) >= 11 is 0. The van der Waals surface area contributed by atoms with E-state index in [0.29, 0.717) is 5.56 Å². The number of rotatable bonds is 2. The predicted octanol–water partition coefficient (Wildman–Crippen LogP) is 1.23. The Labute approximate surface area is 93.7 Å². The van der Waals surface area contributed by atoms with Gasteiger partial charge in [0, 0.05) is 0 Å². The second kappa shape index (κ2) is 6.58. The van der Waals surface area contributed by atoms with Gasteiger partial charge in [0.05, 0.1) is 11.1 Å². The summed E-state index contributed by atoms with van der Waals surface area (Å²) in [4.78, 5) is 21.1. The second-order valence-corrected chi connectivity index (χ2v) is 3.14. The van der Waals surface area contributed by atoms with Gasteiger partial charge in [-0.05, 0) is 38.7 Å². The van der Waals surface area contributed by atoms with Crippen LogP contribution < -0.4 is 5.32 Å². The molecule has 5 nitrogen and oxygen atoms in total. The molecule has 0 saturated carbocycles. The van der Waals surface area contributed by atoms with Crippen LogP contribution in [0.3, 0.4) is 0 Å². The standard InChI is InChI=1S/C9H8O4.C2H7N/c1-5-2-3-6(8(10)11)4-7(5)9(12)13;1-3-2/h2-4H,1H3,(H,10,11)(H,12,13);3H,1-2H3. The molecule has 0 aromatic heterocycles. The van der Waals surface area contributed by atoms with Crippen LogP contribution in [-0.4, -0.2) is 36.2 Å². The molecular weight excluding hydrogens is 210 g/mol. The van der Waals surface area contributed by atoms with Crippen LogP contribution in [0, 0.1) is 6.92 Å². The van der Waals surface area contributed by atoms with Crippen molar-refractivity contribution in [1.29, 1.82) is 0 Å². The van der Waals surface area contributed by atoms with Crippen LogP contribution in [0.2, 0.25) is 0 Å². The molecule has 1 rings (SSSR count). The Kier molecular flexibility index (Phi) is 5.80. The first kappa shape index (κ1) is 14.1. The molecule has 0 radical (unpaired) electrons. The van der Waals surface area contributed by atoms with Crippen LogP contribution in [0.4, 0.5) is 0 Å². The molecule has 0 amide bonds. The van der Waals surface area contributed by atoms with Crippen molar-refractivity contribution in [3.05, 3.63) is 34.9 Å². The fraction of sp³-hybridized carbons (Fsp3) is 0.273. The van der Waals surface area contributed by atoms with Gasteiger partial charge in [0.2, 0.25) is 0 Å². The summed E-state index contributed by atoms with van der Waals surface area (Å²) < 4.78 is 0. The Balaban J connectivity index is 0.000000673. The molecule has 0 fully saturated rings. The largest absolute Gasteiger partial charge is 0.478 e. The molecule has 0 atom stereocenters. The van der Waals surface area contributed by atoms with Crippen molar-refractivity contribution in [2.75, 3.05) is 14.1 Å². The highest BCUT2D eigenvalue weighted by atomic mass is 16.4. The van der Waals surface area contributed by atoms with E-state index in [1.807, 2.05) is 14.1 Å². The lowest BCUT2D eigenvalue weighted by Crippen LogP contribution is -2.03. The number of hydrogen-bond acceptors (Lipinski definition) is 3. The average Bonchev–Trinajstić information content (AvgIpc) is 2.18. The SMILES string of the molecule is CNC.Cc1ccc(C(=O)O)cc1C(=O)O. The van der Waals surface area contributed by atoms with E-state index in [2.05, 4.69) is 5.32 Å². The number of aromatic carboxylic acids is 2. The normalized spacial score (nSPS) is 8.94. The fourth-order valence-corrected chi connectivity index (χ4v) is 0.985. The summed E-state index contributed by atoms with van der Waals surface area (Å²) in [5.41, 5.74) is 0.570. The third-order valence-electron chi connectivity index (χ3n) is 1.71. The molecule has 5 heteroatoms. The minimum absolute atomic E-state index is 0.0111. The van der Waals surface area contributed by atoms with Gasteiger partial charge in [-0.3, -0.25) is 0 Å². The number of aryl methyl sites for hydroxylation is 1. The van der Waals surface area contributed by atoms with E-state index >= 15 is 0 Å². The molecule has 1 aromatic carbocycles. The van der Waals surface area contributed by atoms with Gasteiger partial charge in [-0.1, -0.05) is 6.07 Å². The van der Waals surface area contributed by atoms with E-state index in [4.69, 9.17) is 10.2 Å². The molecule has 3 N–H and O–H groups in total. The number of carboxylic acid groups (broad SMARTS) is 2. The van der Waals surface area contributed by atoms with Crippen molar-refractivity contribution in [3.8, 4) is 0 Å². The van der Waals surface area contributed by atoms with Gasteiger partial charge in [-0.2, -0.15) is 0 Å². The van der Waals surface area contributed by atoms with E-state index < -0.39 is 11.9 Å². The Morgan fingerprint density at radius 1 is 1.12 bits per heavy atom. The van der Waals surface area contributed by atoms with Crippen LogP contribution in [0.25, 0.3) is 0 Å². The summed E-state index contributed by atoms with van der Waals surface area (Å²) in [6.45, 7) is 1.62. The molecule has 0 spiro atoms. The van der Waals surface area contributed by atoms with Crippen molar-refractivity contribution >= 4 is 11.9 Å². The monoisotopic (exact) mass is 225 g/mol. The number of hydrogen-bond donors (Lipinski definition) is 3. The van der Waals surface area contributed by atoms with Gasteiger partial charge in [-0.15, -0.1) is 0 Å². The van der Waals surface area contributed by atoms with Crippen molar-refractivity contribution in [1.82, 2.24) is 5.32 Å². The van der Waals surface area contributed by atoms with Gasteiger partial charge >= 0.3 is 11.9 Å². The number of carbonyl (C=O) groups is 2. The van der Waals surface area contributed by atoms with Crippen LogP contribution in [0.5, 0.6) is 0 Å². The lowest BCUT2D eigenvalue weighted by Gasteiger charge is -2.01. The Morgan fingerprint density at radius 3 is 2.00 bits per heavy atom. The molecule has 0 aliphatic carbocycles. The Hall–Kier alpha value is -1.88. The lowest BCUT2D eigenvalue weighted by molar-refractivity contribution is 0.0695. The smallest absolute Gasteiger partial charge is 0.335 e. The zero-order valence-electron chi connectivity index (χ0n) is 9.44. The van der Waals surface area contributed by atoms with Crippen molar-refractivity contribution in [2.45, 2.75) is 6.92 Å². The third-order valence-corrected chi connectivity index (χ3v) is 1.71. The van der Waals surface area contributed by atoms with Gasteiger partial charge < -0.3 is 15.5 Å². The topological polar surface area (TPSA) is 86.6 Å². The maximum Gasteiger partial charge on any atom is 0.335 e. The van der Waals surface area contributed by atoms with Crippen molar-refractivity contribution in [3.63, 3.8) is 0 Å². The minimum atomic E-state index is -1.12. The zero-order chi connectivity index (χ0) is 12.7. The van der Waals surface area contributed by atoms with Gasteiger partial charge in [0.25, 0.3) is 0 Å². The summed E-state index contributed by atoms with van der Waals surface area (Å²) in [6, 6.07) is 4.01. The summed E-state index contributed by atoms with van der Waals surface area (Å²) in [6.07, 6.45) is 0. The fourth-order valence-electron chi connectivity index (χ4n) is 0.985. The maximum absolute atomic E-state index is 10.6. The first-order valence-corrected chi connectivity index (χ1v) is 4.59. The Morgan fingerprint density at radius 2 is 1.62 bits per heavy atom. The quantitative estimate of drug-likeness (QED) is 0.704. The molecule has 0 aliphatic rings. The summed E-state index contributed by atoms with van der Waals surface area (Å²) in [7, 11) is 3.75. The molecule has 0 bridgehead atoms. The summed E-state index contributed by atoms with van der Waals surface area (Å²) in [5.74, 6) is -2.23. The molecule has 0 saturated heterocycles. The molecule has 88 valence electrons. The van der Waals surface area contributed by atoms with E-state index in [1.165, 1.54) is 12.1 Å². The molecule has 0 heterocycles. The highest BCUT2D eigenvalue weighted by Gasteiger charge is 2.10. The highest BCUT2D eigenvalue weighted by molar-refractivity contribution is 5.94. The van der Waals surface area contributed by atoms with Crippen LogP contribution >= 0.6 is 0 Å². The number of nitrogens with one attached hydrogen (secondary N) is 1. The van der Waals surface area contributed by atoms with E-state index in [-0.39, 0.29) is 11.1 Å². The average molecular weight is 225 g/mol. The Bertz CT molecular complexity index is 388. The minimum Gasteiger partial charge on any atom is -0.478 e. The zero-order valence-corrected chi connectivity index (χ0v) is 9.44. The van der Waals surface area contributed by atoms with Gasteiger partial charge in [0.15, 0.2) is 0 Å². The number of benzene rings is 1. The first-order chi connectivity index (χ1) is 7.43. The molecule has 0 unspecified atom stereocenters. The molecule has 16 heavy (non-hydrogen) atoms. The number of carboxylic acids is 2. The highest BCUT2D eigenvalue weighted by Crippen LogP contribution is 2.11. The lowest BCUT2D eigenvalue weighted by atomic mass is 10.1. The van der Waals surface area contributed by atoms with Crippen molar-refractivity contribution in [2.24, 2.45) is 0 Å². The van der Waals surface area contributed by atoms with E-state index in [9.17, 15) is 9.59 Å². The third kappa shape index (κ3) is 4.10. The predicted molar refractivity (Wildman–Crippen MR) is 60.1 cm³/mol. The molecule has 0 aliphatic heterocycles. The van der Waals surface area contributed by atoms with Gasteiger partial charge in [-0.25, -0.2) is 9.59 Å². The maximum atomic E-state index is 10.6.